The molecule has 0 heterocycles. The van der Waals surface area contributed by atoms with Gasteiger partial charge in [0.2, 0.25) is 0 Å². The SMILES string of the molecule is O=[N+]([O-])c1cc(C#Cc2ccc(Cl)c([N+](=O)[O-])c2)ccc1Cl. The van der Waals surface area contributed by atoms with Gasteiger partial charge in [0.15, 0.2) is 0 Å². The lowest BCUT2D eigenvalue weighted by Gasteiger charge is -1.96. The van der Waals surface area contributed by atoms with Gasteiger partial charge in [0.05, 0.1) is 9.85 Å². The van der Waals surface area contributed by atoms with E-state index in [1.54, 1.807) is 0 Å². The zero-order valence-electron chi connectivity index (χ0n) is 10.7. The minimum absolute atomic E-state index is 0.0117. The Kier molecular flexibility index (Phi) is 4.61. The summed E-state index contributed by atoms with van der Waals surface area (Å²) < 4.78 is 0. The summed E-state index contributed by atoms with van der Waals surface area (Å²) in [6.45, 7) is 0. The summed E-state index contributed by atoms with van der Waals surface area (Å²) in [7, 11) is 0. The molecule has 0 saturated carbocycles. The van der Waals surface area contributed by atoms with Gasteiger partial charge in [-0.05, 0) is 24.3 Å². The highest BCUT2D eigenvalue weighted by Crippen LogP contribution is 2.26. The lowest BCUT2D eigenvalue weighted by molar-refractivity contribution is -0.384. The minimum atomic E-state index is -0.610. The molecule has 0 saturated heterocycles. The molecule has 0 amide bonds. The van der Waals surface area contributed by atoms with Crippen LogP contribution in [0.5, 0.6) is 0 Å². The van der Waals surface area contributed by atoms with Crippen LogP contribution < -0.4 is 0 Å². The van der Waals surface area contributed by atoms with E-state index in [0.717, 1.165) is 0 Å². The second kappa shape index (κ2) is 6.43. The third-order valence-corrected chi connectivity index (χ3v) is 3.28. The van der Waals surface area contributed by atoms with Crippen LogP contribution in [0.25, 0.3) is 0 Å². The predicted octanol–water partition coefficient (Wildman–Crippen LogP) is 4.21. The van der Waals surface area contributed by atoms with Crippen molar-refractivity contribution in [2.45, 2.75) is 0 Å². The maximum absolute atomic E-state index is 10.8. The normalized spacial score (nSPS) is 9.73. The van der Waals surface area contributed by atoms with Crippen molar-refractivity contribution >= 4 is 34.6 Å². The van der Waals surface area contributed by atoms with E-state index in [9.17, 15) is 20.2 Å². The van der Waals surface area contributed by atoms with E-state index in [1.807, 2.05) is 0 Å². The molecule has 0 aliphatic rings. The Morgan fingerprint density at radius 3 is 1.45 bits per heavy atom. The molecule has 0 aliphatic heterocycles. The third kappa shape index (κ3) is 3.52. The predicted molar refractivity (Wildman–Crippen MR) is 82.2 cm³/mol. The van der Waals surface area contributed by atoms with Crippen LogP contribution in [0.15, 0.2) is 36.4 Å². The fourth-order valence-corrected chi connectivity index (χ4v) is 1.98. The molecule has 0 spiro atoms. The molecule has 0 fully saturated rings. The molecule has 0 aromatic heterocycles. The van der Waals surface area contributed by atoms with Crippen molar-refractivity contribution in [3.63, 3.8) is 0 Å². The van der Waals surface area contributed by atoms with Crippen molar-refractivity contribution in [3.8, 4) is 11.8 Å². The number of nitro benzene ring substituents is 2. The summed E-state index contributed by atoms with van der Waals surface area (Å²) in [6, 6.07) is 8.25. The number of nitro groups is 2. The van der Waals surface area contributed by atoms with Crippen LogP contribution in [0, 0.1) is 32.1 Å². The molecule has 2 rings (SSSR count). The van der Waals surface area contributed by atoms with E-state index in [2.05, 4.69) is 11.8 Å². The average molecular weight is 337 g/mol. The van der Waals surface area contributed by atoms with Crippen LogP contribution in [0.2, 0.25) is 10.0 Å². The second-order valence-corrected chi connectivity index (χ2v) is 4.91. The van der Waals surface area contributed by atoms with Crippen LogP contribution in [-0.2, 0) is 0 Å². The summed E-state index contributed by atoms with van der Waals surface area (Å²) in [6.07, 6.45) is 0. The maximum atomic E-state index is 10.8. The van der Waals surface area contributed by atoms with Gasteiger partial charge in [0.25, 0.3) is 11.4 Å². The van der Waals surface area contributed by atoms with Gasteiger partial charge in [-0.1, -0.05) is 35.0 Å². The van der Waals surface area contributed by atoms with Gasteiger partial charge in [0, 0.05) is 23.3 Å². The molecule has 6 nitrogen and oxygen atoms in total. The van der Waals surface area contributed by atoms with Gasteiger partial charge in [0.1, 0.15) is 10.0 Å². The molecule has 0 aliphatic carbocycles. The van der Waals surface area contributed by atoms with Gasteiger partial charge in [-0.15, -0.1) is 0 Å². The van der Waals surface area contributed by atoms with E-state index in [4.69, 9.17) is 23.2 Å². The van der Waals surface area contributed by atoms with Gasteiger partial charge in [-0.2, -0.15) is 0 Å². The van der Waals surface area contributed by atoms with E-state index in [0.29, 0.717) is 11.1 Å². The van der Waals surface area contributed by atoms with Crippen molar-refractivity contribution in [2.24, 2.45) is 0 Å². The van der Waals surface area contributed by atoms with Gasteiger partial charge in [-0.25, -0.2) is 0 Å². The Morgan fingerprint density at radius 2 is 1.14 bits per heavy atom. The summed E-state index contributed by atoms with van der Waals surface area (Å²) in [4.78, 5) is 20.4. The Morgan fingerprint density at radius 1 is 0.773 bits per heavy atom. The number of nitrogens with zero attached hydrogens (tertiary/aromatic N) is 2. The highest BCUT2D eigenvalue weighted by atomic mass is 35.5. The highest BCUT2D eigenvalue weighted by molar-refractivity contribution is 6.33. The molecular formula is C14H6Cl2N2O4. The molecule has 8 heteroatoms. The third-order valence-electron chi connectivity index (χ3n) is 2.64. The Bertz CT molecular complexity index is 773. The summed E-state index contributed by atoms with van der Waals surface area (Å²) in [5.74, 6) is 5.38. The first-order valence-electron chi connectivity index (χ1n) is 5.78. The first-order valence-corrected chi connectivity index (χ1v) is 6.54. The fourth-order valence-electron chi connectivity index (χ4n) is 1.61. The molecular weight excluding hydrogens is 331 g/mol. The average Bonchev–Trinajstić information content (AvgIpc) is 2.47. The summed E-state index contributed by atoms with van der Waals surface area (Å²) >= 11 is 11.4. The number of benzene rings is 2. The molecule has 2 aromatic carbocycles. The molecule has 2 aromatic rings. The fraction of sp³-hybridized carbons (Fsp3) is 0. The maximum Gasteiger partial charge on any atom is 0.289 e. The van der Waals surface area contributed by atoms with Crippen molar-refractivity contribution in [2.75, 3.05) is 0 Å². The molecule has 110 valence electrons. The zero-order valence-corrected chi connectivity index (χ0v) is 12.3. The smallest absolute Gasteiger partial charge is 0.258 e. The molecule has 0 radical (unpaired) electrons. The summed E-state index contributed by atoms with van der Waals surface area (Å²) in [5, 5.41) is 21.6. The van der Waals surface area contributed by atoms with Crippen molar-refractivity contribution in [1.29, 1.82) is 0 Å². The van der Waals surface area contributed by atoms with Crippen LogP contribution in [-0.4, -0.2) is 9.85 Å². The van der Waals surface area contributed by atoms with Crippen LogP contribution >= 0.6 is 23.2 Å². The van der Waals surface area contributed by atoms with Crippen LogP contribution in [0.3, 0.4) is 0 Å². The Hall–Kier alpha value is -2.62. The molecule has 0 atom stereocenters. The molecule has 0 unspecified atom stereocenters. The monoisotopic (exact) mass is 336 g/mol. The Labute approximate surface area is 134 Å². The number of hydrogen-bond acceptors (Lipinski definition) is 4. The Balaban J connectivity index is 2.39. The second-order valence-electron chi connectivity index (χ2n) is 4.10. The molecule has 0 N–H and O–H groups in total. The van der Waals surface area contributed by atoms with Crippen LogP contribution in [0.4, 0.5) is 11.4 Å². The van der Waals surface area contributed by atoms with E-state index in [1.165, 1.54) is 36.4 Å². The first-order chi connectivity index (χ1) is 10.4. The van der Waals surface area contributed by atoms with Crippen molar-refractivity contribution in [3.05, 3.63) is 77.8 Å². The van der Waals surface area contributed by atoms with Gasteiger partial charge >= 0.3 is 0 Å². The highest BCUT2D eigenvalue weighted by Gasteiger charge is 2.13. The number of halogens is 2. The lowest BCUT2D eigenvalue weighted by atomic mass is 10.1. The zero-order chi connectivity index (χ0) is 16.3. The molecule has 0 bridgehead atoms. The van der Waals surface area contributed by atoms with Crippen LogP contribution in [0.1, 0.15) is 11.1 Å². The number of hydrogen-bond donors (Lipinski definition) is 0. The van der Waals surface area contributed by atoms with E-state index < -0.39 is 9.85 Å². The first kappa shape index (κ1) is 15.8. The lowest BCUT2D eigenvalue weighted by Crippen LogP contribution is -1.90. The van der Waals surface area contributed by atoms with Gasteiger partial charge < -0.3 is 0 Å². The standard InChI is InChI=1S/C14H6Cl2N2O4/c15-11-5-3-9(7-13(11)17(19)20)1-2-10-4-6-12(16)14(8-10)18(21)22/h3-8H. The number of rotatable bonds is 2. The van der Waals surface area contributed by atoms with Gasteiger partial charge in [-0.3, -0.25) is 20.2 Å². The summed E-state index contributed by atoms with van der Waals surface area (Å²) in [5.41, 5.74) is 0.230. The molecule has 22 heavy (non-hydrogen) atoms. The van der Waals surface area contributed by atoms with E-state index in [-0.39, 0.29) is 21.4 Å². The van der Waals surface area contributed by atoms with Crippen molar-refractivity contribution in [1.82, 2.24) is 0 Å². The van der Waals surface area contributed by atoms with E-state index >= 15 is 0 Å². The van der Waals surface area contributed by atoms with Crippen molar-refractivity contribution < 1.29 is 9.85 Å². The minimum Gasteiger partial charge on any atom is -0.258 e. The quantitative estimate of drug-likeness (QED) is 0.467. The topological polar surface area (TPSA) is 86.3 Å². The largest absolute Gasteiger partial charge is 0.289 e.